The number of allylic oxidation sites excluding steroid dienone is 20. The Morgan fingerprint density at radius 1 is 0.324 bits per heavy atom. The van der Waals surface area contributed by atoms with E-state index in [1.807, 2.05) is 4.90 Å². The number of anilines is 2. The molecule has 102 heavy (non-hydrogen) atoms. The van der Waals surface area contributed by atoms with Crippen LogP contribution in [-0.2, 0) is 28.8 Å². The molecule has 0 atom stereocenters. The van der Waals surface area contributed by atoms with Gasteiger partial charge in [0, 0.05) is 115 Å². The van der Waals surface area contributed by atoms with Crippen LogP contribution in [-0.4, -0.2) is 153 Å². The molecule has 569 valence electrons. The van der Waals surface area contributed by atoms with Gasteiger partial charge in [-0.2, -0.15) is 0 Å². The van der Waals surface area contributed by atoms with Crippen LogP contribution in [0.3, 0.4) is 0 Å². The van der Waals surface area contributed by atoms with Crippen LogP contribution in [0, 0.1) is 39.9 Å². The first-order chi connectivity index (χ1) is 48.1. The third-order valence-electron chi connectivity index (χ3n) is 17.9. The van der Waals surface area contributed by atoms with E-state index in [0.717, 1.165) is 127 Å². The summed E-state index contributed by atoms with van der Waals surface area (Å²) in [5.74, 6) is -4.87. The summed E-state index contributed by atoms with van der Waals surface area (Å²) in [6.07, 6.45) is 44.3. The molecule has 1 heterocycles. The molecule has 0 aliphatic carbocycles. The Hall–Kier alpha value is -5.93. The normalized spacial score (nSPS) is 15.0. The van der Waals surface area contributed by atoms with Crippen LogP contribution in [0.15, 0.2) is 135 Å². The number of aliphatic carboxylic acids is 3. The van der Waals surface area contributed by atoms with Crippen molar-refractivity contribution in [1.82, 2.24) is 30.2 Å². The summed E-state index contributed by atoms with van der Waals surface area (Å²) >= 11 is 0. The molecule has 19 heteroatoms. The molecule has 1 aliphatic rings. The summed E-state index contributed by atoms with van der Waals surface area (Å²) in [5.41, 5.74) is 14.6. The van der Waals surface area contributed by atoms with Crippen molar-refractivity contribution in [1.29, 1.82) is 0 Å². The van der Waals surface area contributed by atoms with Crippen LogP contribution < -0.4 is 36.6 Å². The minimum atomic E-state index is -1.30. The van der Waals surface area contributed by atoms with Crippen molar-refractivity contribution in [3.63, 3.8) is 0 Å². The number of nitrogens with zero attached hydrogens (tertiary/aromatic N) is 4. The fourth-order valence-corrected chi connectivity index (χ4v) is 11.6. The number of amides is 4. The van der Waals surface area contributed by atoms with E-state index < -0.39 is 24.5 Å². The van der Waals surface area contributed by atoms with Gasteiger partial charge in [0.2, 0.25) is 17.7 Å². The van der Waals surface area contributed by atoms with Crippen molar-refractivity contribution >= 4 is 52.9 Å². The van der Waals surface area contributed by atoms with Gasteiger partial charge in [0.1, 0.15) is 0 Å². The molecule has 1 saturated heterocycles. The van der Waals surface area contributed by atoms with E-state index in [-0.39, 0.29) is 135 Å². The van der Waals surface area contributed by atoms with E-state index in [4.69, 9.17) is 0 Å². The van der Waals surface area contributed by atoms with E-state index in [2.05, 4.69) is 165 Å². The quantitative estimate of drug-likeness (QED) is 0.0350. The predicted molar refractivity (Wildman–Crippen MR) is 410 cm³/mol. The van der Waals surface area contributed by atoms with Gasteiger partial charge in [0.25, 0.3) is 5.91 Å². The van der Waals surface area contributed by atoms with Crippen molar-refractivity contribution in [2.24, 2.45) is 0 Å². The second-order valence-corrected chi connectivity index (χ2v) is 28.5. The third kappa shape index (κ3) is 52.1. The first-order valence-electron chi connectivity index (χ1n) is 37.4. The van der Waals surface area contributed by atoms with Crippen molar-refractivity contribution in [3.05, 3.63) is 140 Å². The van der Waals surface area contributed by atoms with Gasteiger partial charge in [-0.25, -0.2) is 0 Å². The fourth-order valence-electron chi connectivity index (χ4n) is 11.6. The number of hydrogen-bond acceptors (Lipinski definition) is 14. The largest absolute Gasteiger partial charge is 3.00 e. The number of carboxylic acids is 3. The van der Waals surface area contributed by atoms with E-state index in [1.54, 1.807) is 32.9 Å². The third-order valence-corrected chi connectivity index (χ3v) is 17.9. The molecule has 0 bridgehead atoms. The summed E-state index contributed by atoms with van der Waals surface area (Å²) in [6.45, 7) is 27.5. The summed E-state index contributed by atoms with van der Waals surface area (Å²) in [6, 6.07) is 4.95. The van der Waals surface area contributed by atoms with E-state index in [1.165, 1.54) is 44.6 Å². The van der Waals surface area contributed by atoms with Gasteiger partial charge in [0.05, 0.1) is 24.5 Å². The number of hydrogen-bond donors (Lipinski definition) is 4. The number of rotatable bonds is 48. The first kappa shape index (κ1) is 94.1. The molecule has 0 unspecified atom stereocenters. The van der Waals surface area contributed by atoms with Crippen molar-refractivity contribution < 1.29 is 88.8 Å². The Kier molecular flexibility index (Phi) is 52.9. The van der Waals surface area contributed by atoms with Crippen molar-refractivity contribution in [3.8, 4) is 0 Å². The summed E-state index contributed by atoms with van der Waals surface area (Å²) < 4.78 is 0. The maximum atomic E-state index is 13.8. The van der Waals surface area contributed by atoms with Crippen molar-refractivity contribution in [2.45, 2.75) is 237 Å². The summed E-state index contributed by atoms with van der Waals surface area (Å²) in [7, 11) is 0. The Labute approximate surface area is 647 Å². The van der Waals surface area contributed by atoms with Gasteiger partial charge < -0.3 is 51.0 Å². The molecule has 4 N–H and O–H groups in total. The number of nitrogens with one attached hydrogen (secondary N) is 4. The van der Waals surface area contributed by atoms with Gasteiger partial charge in [-0.05, 0) is 230 Å². The average molecular weight is 1560 g/mol. The number of carbonyl (C=O) groups excluding carboxylic acids is 7. The molecule has 0 spiro atoms. The molecular formula is C83H129GdN8O10. The minimum absolute atomic E-state index is 0. The topological polar surface area (TPSA) is 250 Å². The standard InChI is InChI=1S/C83H132N8O10.Gd/c1-64(2)27-21-33-70(9)39-23-35-66(5)29-15-17-31-68(7)37-25-41-72(11)43-45-77(92)86-75-57-74(58-76(59-75)87-78(93)46-44-73(12)42-26-38-69(8)32-18-16-30-67(6)36-24-40-71(10)34-22-28-65(3)4)83(101)85-48-20-14-13-19-47-84-79(94)60-88-49-51-89(61-80(95)96)53-55-91(63-82(99)100)56-54-90(52-50-88)62-81(97)98;/h27-32,39-42,57-59H,13-26,33-38,43-56,60-63H2,1-12H3,(H,84,94)(H,85,101)(H,86,92)(H,87,93)(H,95,96)(H,97,98)(H,99,100);/q;+3/p-3/b66-29+,67-30+,68-31+,69-32+,70-39+,71-40+,72-41+,73-42+;. The van der Waals surface area contributed by atoms with Crippen molar-refractivity contribution in [2.75, 3.05) is 102 Å². The van der Waals surface area contributed by atoms with Gasteiger partial charge in [-0.1, -0.05) is 129 Å². The molecule has 2 rings (SSSR count). The molecule has 1 aromatic carbocycles. The molecule has 1 aromatic rings. The Balaban J connectivity index is 0.0000520. The molecule has 0 aromatic heterocycles. The smallest absolute Gasteiger partial charge is 0.549 e. The second-order valence-electron chi connectivity index (χ2n) is 28.5. The van der Waals surface area contributed by atoms with Gasteiger partial charge in [0.15, 0.2) is 0 Å². The van der Waals surface area contributed by atoms with Crippen LogP contribution in [0.2, 0.25) is 0 Å². The maximum Gasteiger partial charge on any atom is 3.00 e. The zero-order chi connectivity index (χ0) is 74.7. The summed E-state index contributed by atoms with van der Waals surface area (Å²) in [5, 5.41) is 46.5. The van der Waals surface area contributed by atoms with Crippen LogP contribution in [0.1, 0.15) is 248 Å². The SMILES string of the molecule is CC(C)=CCC/C(C)=C/CC/C(C)=C/CC/C=C(\C)CC/C=C(\C)CCC(=O)Nc1cc(NC(=O)CC/C(C)=C/CC/C(C)=C/CC/C=C(\C)CC/C=C(\C)CCC=C(C)C)cc(C(=O)NCCCCCCNC(=O)CN2CCN(CC(=O)[O-])CCN(CC(=O)[O-])CCN(CC(=O)[O-])CC2)c1.[Gd+3]. The zero-order valence-corrected chi connectivity index (χ0v) is 66.9. The number of carbonyl (C=O) groups is 7. The Morgan fingerprint density at radius 3 is 0.882 bits per heavy atom. The van der Waals surface area contributed by atoms with E-state index in [0.29, 0.717) is 68.8 Å². The monoisotopic (exact) mass is 1560 g/mol. The van der Waals surface area contributed by atoms with Gasteiger partial charge >= 0.3 is 39.9 Å². The van der Waals surface area contributed by atoms with Crippen LogP contribution in [0.25, 0.3) is 0 Å². The zero-order valence-electron chi connectivity index (χ0n) is 64.6. The molecular weight excluding hydrogens is 1430 g/mol. The first-order valence-corrected chi connectivity index (χ1v) is 37.4. The Bertz CT molecular complexity index is 2890. The van der Waals surface area contributed by atoms with Crippen LogP contribution in [0.4, 0.5) is 11.4 Å². The minimum Gasteiger partial charge on any atom is -0.549 e. The summed E-state index contributed by atoms with van der Waals surface area (Å²) in [4.78, 5) is 95.3. The van der Waals surface area contributed by atoms with E-state index >= 15 is 0 Å². The number of carboxylic acid groups (broad SMARTS) is 3. The molecule has 1 radical (unpaired) electrons. The molecule has 1 aliphatic heterocycles. The molecule has 0 saturated carbocycles. The van der Waals surface area contributed by atoms with Crippen LogP contribution >= 0.6 is 0 Å². The molecule has 18 nitrogen and oxygen atoms in total. The number of benzene rings is 1. The van der Waals surface area contributed by atoms with E-state index in [9.17, 15) is 48.9 Å². The average Bonchev–Trinajstić information content (AvgIpc) is 0.845. The molecule has 1 fully saturated rings. The van der Waals surface area contributed by atoms with Gasteiger partial charge in [-0.3, -0.25) is 38.8 Å². The molecule has 4 amide bonds. The maximum absolute atomic E-state index is 13.8. The van der Waals surface area contributed by atoms with Gasteiger partial charge in [-0.15, -0.1) is 0 Å². The fraction of sp³-hybridized carbons (Fsp3) is 0.602. The predicted octanol–water partition coefficient (Wildman–Crippen LogP) is 12.7. The Morgan fingerprint density at radius 2 is 0.588 bits per heavy atom. The number of unbranched alkanes of at least 4 members (excludes halogenated alkanes) is 5. The second kappa shape index (κ2) is 57.4. The van der Waals surface area contributed by atoms with Crippen LogP contribution in [0.5, 0.6) is 0 Å².